The minimum atomic E-state index is -1.06. The van der Waals surface area contributed by atoms with Crippen LogP contribution in [-0.4, -0.2) is 48.0 Å². The van der Waals surface area contributed by atoms with Gasteiger partial charge in [-0.1, -0.05) is 54.9 Å². The number of hydrogen-bond donors (Lipinski definition) is 3. The van der Waals surface area contributed by atoms with Gasteiger partial charge in [-0.25, -0.2) is 15.0 Å². The number of ether oxygens (including phenoxy) is 1. The Morgan fingerprint density at radius 1 is 0.833 bits per heavy atom. The predicted molar refractivity (Wildman–Crippen MR) is 189 cm³/mol. The molecule has 4 N–H and O–H groups in total. The van der Waals surface area contributed by atoms with Gasteiger partial charge in [0.05, 0.1) is 12.4 Å². The Labute approximate surface area is 288 Å². The van der Waals surface area contributed by atoms with Crippen LogP contribution in [0.2, 0.25) is 0 Å². The fraction of sp³-hybridized carbons (Fsp3) is 0.875. The van der Waals surface area contributed by atoms with Crippen LogP contribution in [0.5, 0.6) is 0 Å². The minimum Gasteiger partial charge on any atom is -0.388 e. The molecule has 1 aliphatic heterocycles. The fourth-order valence-electron chi connectivity index (χ4n) is 14.9. The van der Waals surface area contributed by atoms with Crippen LogP contribution < -0.4 is 5.73 Å². The van der Waals surface area contributed by atoms with Crippen molar-refractivity contribution in [2.24, 2.45) is 62.6 Å². The van der Waals surface area contributed by atoms with Gasteiger partial charge >= 0.3 is 0 Å². The topological polar surface area (TPSA) is 119 Å². The SMILES string of the molecule is C[C@H](CC[C@H]1O[C@@H](n2cnc3c(N)ncnc32)[C@H](O)[C@@H]1O)[C@H]1CC[C@]2(C)[C@H]3CC[C@@H]4[C@@]5(C)CCCC(C)(C)[C@@H]5CC[C@@]4(C)[C@]3(C)CC[C@@H]12. The molecule has 0 aromatic carbocycles. The Morgan fingerprint density at radius 3 is 2.29 bits per heavy atom. The molecule has 5 saturated carbocycles. The van der Waals surface area contributed by atoms with E-state index in [0.717, 1.165) is 36.5 Å². The molecular weight excluding hydrogens is 598 g/mol. The zero-order valence-electron chi connectivity index (χ0n) is 30.8. The van der Waals surface area contributed by atoms with E-state index in [0.29, 0.717) is 55.9 Å². The Kier molecular flexibility index (Phi) is 7.73. The molecule has 2 aromatic heterocycles. The van der Waals surface area contributed by atoms with Crippen LogP contribution in [0.4, 0.5) is 5.82 Å². The molecule has 0 unspecified atom stereocenters. The third-order valence-electron chi connectivity index (χ3n) is 17.4. The van der Waals surface area contributed by atoms with Crippen LogP contribution in [0.1, 0.15) is 138 Å². The van der Waals surface area contributed by atoms with Gasteiger partial charge in [0.15, 0.2) is 17.7 Å². The van der Waals surface area contributed by atoms with Crippen molar-refractivity contribution < 1.29 is 14.9 Å². The number of fused-ring (bicyclic) bond motifs is 8. The molecule has 2 aromatic rings. The van der Waals surface area contributed by atoms with Gasteiger partial charge in [-0.2, -0.15) is 0 Å². The number of rotatable bonds is 5. The zero-order valence-corrected chi connectivity index (χ0v) is 30.8. The molecule has 8 nitrogen and oxygen atoms in total. The summed E-state index contributed by atoms with van der Waals surface area (Å²) in [4.78, 5) is 12.7. The monoisotopic (exact) mass is 661 g/mol. The largest absolute Gasteiger partial charge is 0.388 e. The fourth-order valence-corrected chi connectivity index (χ4v) is 14.9. The first kappa shape index (κ1) is 33.4. The molecule has 8 heteroatoms. The van der Waals surface area contributed by atoms with Gasteiger partial charge in [-0.05, 0) is 140 Å². The van der Waals surface area contributed by atoms with Crippen molar-refractivity contribution in [2.45, 2.75) is 156 Å². The molecule has 0 radical (unpaired) electrons. The first-order valence-corrected chi connectivity index (χ1v) is 19.6. The number of nitrogens with zero attached hydrogens (tertiary/aromatic N) is 4. The molecule has 0 amide bonds. The second-order valence-electron chi connectivity index (χ2n) is 19.5. The number of hydrogen-bond acceptors (Lipinski definition) is 7. The van der Waals surface area contributed by atoms with Crippen LogP contribution in [0.15, 0.2) is 12.7 Å². The summed E-state index contributed by atoms with van der Waals surface area (Å²) in [5.41, 5.74) is 9.25. The maximum Gasteiger partial charge on any atom is 0.167 e. The average molecular weight is 662 g/mol. The summed E-state index contributed by atoms with van der Waals surface area (Å²) in [6.07, 6.45) is 17.0. The van der Waals surface area contributed by atoms with Crippen LogP contribution in [0, 0.1) is 62.6 Å². The molecule has 14 atom stereocenters. The number of aliphatic hydroxyl groups excluding tert-OH is 2. The third kappa shape index (κ3) is 4.45. The highest BCUT2D eigenvalue weighted by atomic mass is 16.6. The summed E-state index contributed by atoms with van der Waals surface area (Å²) in [6, 6.07) is 0. The van der Waals surface area contributed by atoms with Crippen molar-refractivity contribution in [1.82, 2.24) is 19.5 Å². The van der Waals surface area contributed by atoms with Crippen molar-refractivity contribution in [3.63, 3.8) is 0 Å². The van der Waals surface area contributed by atoms with E-state index in [-0.39, 0.29) is 0 Å². The summed E-state index contributed by atoms with van der Waals surface area (Å²) in [5, 5.41) is 22.1. The number of anilines is 1. The predicted octanol–water partition coefficient (Wildman–Crippen LogP) is 7.94. The third-order valence-corrected chi connectivity index (χ3v) is 17.4. The minimum absolute atomic E-state index is 0.292. The standard InChI is InChI=1S/C40H63N5O3/c1-23(9-10-26-31(46)32(47)35(48-26)45-22-44-30-33(41)42-21-43-34(30)45)24-13-18-37(4)25(24)14-19-39(6)28(37)11-12-29-38(5)17-8-16-36(2,3)27(38)15-20-40(29,39)7/h21-29,31-32,35,46-47H,8-20H2,1-7H3,(H2,41,42,43)/t23-,24-,25+,26-,27+,28-,29-,31-,32-,35-,37+,38+,39-,40-/m1/s1. The quantitative estimate of drug-likeness (QED) is 0.298. The van der Waals surface area contributed by atoms with Gasteiger partial charge in [0.1, 0.15) is 24.1 Å². The Bertz CT molecular complexity index is 1540. The van der Waals surface area contributed by atoms with Crippen molar-refractivity contribution in [1.29, 1.82) is 0 Å². The molecule has 3 heterocycles. The second-order valence-corrected chi connectivity index (χ2v) is 19.5. The summed E-state index contributed by atoms with van der Waals surface area (Å²) >= 11 is 0. The van der Waals surface area contributed by atoms with Crippen molar-refractivity contribution in [2.75, 3.05) is 5.73 Å². The smallest absolute Gasteiger partial charge is 0.167 e. The summed E-state index contributed by atoms with van der Waals surface area (Å²) in [5.74, 6) is 4.91. The van der Waals surface area contributed by atoms with E-state index in [1.54, 1.807) is 10.9 Å². The molecule has 6 aliphatic rings. The van der Waals surface area contributed by atoms with E-state index < -0.39 is 24.5 Å². The first-order chi connectivity index (χ1) is 22.7. The van der Waals surface area contributed by atoms with Crippen LogP contribution in [-0.2, 0) is 4.74 Å². The molecule has 266 valence electrons. The number of aromatic nitrogens is 4. The van der Waals surface area contributed by atoms with Crippen LogP contribution in [0.25, 0.3) is 11.2 Å². The van der Waals surface area contributed by atoms with Crippen LogP contribution in [0.3, 0.4) is 0 Å². The molecule has 0 bridgehead atoms. The second kappa shape index (κ2) is 11.1. The number of nitrogens with two attached hydrogens (primary N) is 1. The Morgan fingerprint density at radius 2 is 1.54 bits per heavy atom. The maximum atomic E-state index is 11.1. The van der Waals surface area contributed by atoms with E-state index in [9.17, 15) is 10.2 Å². The van der Waals surface area contributed by atoms with Crippen molar-refractivity contribution in [3.05, 3.63) is 12.7 Å². The van der Waals surface area contributed by atoms with Gasteiger partial charge in [0, 0.05) is 0 Å². The summed E-state index contributed by atoms with van der Waals surface area (Å²) in [6.45, 7) is 18.6. The molecule has 0 spiro atoms. The Balaban J connectivity index is 0.958. The van der Waals surface area contributed by atoms with Crippen molar-refractivity contribution in [3.8, 4) is 0 Å². The lowest BCUT2D eigenvalue weighted by molar-refractivity contribution is -0.241. The maximum absolute atomic E-state index is 11.1. The van der Waals surface area contributed by atoms with Gasteiger partial charge < -0.3 is 20.7 Å². The van der Waals surface area contributed by atoms with Crippen molar-refractivity contribution >= 4 is 17.0 Å². The van der Waals surface area contributed by atoms with E-state index in [2.05, 4.69) is 63.4 Å². The van der Waals surface area contributed by atoms with Gasteiger partial charge in [-0.3, -0.25) is 4.57 Å². The van der Waals surface area contributed by atoms with Gasteiger partial charge in [0.2, 0.25) is 0 Å². The van der Waals surface area contributed by atoms with E-state index >= 15 is 0 Å². The lowest BCUT2D eigenvalue weighted by atomic mass is 9.32. The highest BCUT2D eigenvalue weighted by Gasteiger charge is 2.70. The average Bonchev–Trinajstić information content (AvgIpc) is 3.70. The molecule has 5 aliphatic carbocycles. The number of aliphatic hydroxyl groups is 2. The normalized spacial score (nSPS) is 48.8. The molecular formula is C40H63N5O3. The van der Waals surface area contributed by atoms with Crippen LogP contribution >= 0.6 is 0 Å². The highest BCUT2D eigenvalue weighted by molar-refractivity contribution is 5.81. The molecule has 1 saturated heterocycles. The number of nitrogen functional groups attached to an aromatic ring is 1. The van der Waals surface area contributed by atoms with Gasteiger partial charge in [0.25, 0.3) is 0 Å². The molecule has 8 rings (SSSR count). The first-order valence-electron chi connectivity index (χ1n) is 19.6. The van der Waals surface area contributed by atoms with E-state index in [1.807, 2.05) is 0 Å². The van der Waals surface area contributed by atoms with E-state index in [4.69, 9.17) is 10.5 Å². The summed E-state index contributed by atoms with van der Waals surface area (Å²) < 4.78 is 8.03. The summed E-state index contributed by atoms with van der Waals surface area (Å²) in [7, 11) is 0. The lowest BCUT2D eigenvalue weighted by Crippen LogP contribution is -2.65. The number of imidazole rings is 1. The van der Waals surface area contributed by atoms with E-state index in [1.165, 1.54) is 77.0 Å². The Hall–Kier alpha value is -1.77. The lowest BCUT2D eigenvalue weighted by Gasteiger charge is -2.73. The highest BCUT2D eigenvalue weighted by Crippen LogP contribution is 2.78. The zero-order chi connectivity index (χ0) is 34.0. The van der Waals surface area contributed by atoms with Gasteiger partial charge in [-0.15, -0.1) is 0 Å². The molecule has 6 fully saturated rings. The molecule has 48 heavy (non-hydrogen) atoms.